The first-order chi connectivity index (χ1) is 9.76. The van der Waals surface area contributed by atoms with Crippen LogP contribution < -0.4 is 10.6 Å². The Morgan fingerprint density at radius 1 is 1.50 bits per heavy atom. The Balaban J connectivity index is 1.46. The molecule has 1 atom stereocenters. The summed E-state index contributed by atoms with van der Waals surface area (Å²) in [6.45, 7) is 5.24. The molecule has 2 fully saturated rings. The third-order valence-electron chi connectivity index (χ3n) is 4.11. The van der Waals surface area contributed by atoms with Crippen LogP contribution >= 0.6 is 11.3 Å². The largest absolute Gasteiger partial charge is 0.352 e. The van der Waals surface area contributed by atoms with Crippen molar-refractivity contribution in [1.82, 2.24) is 20.5 Å². The van der Waals surface area contributed by atoms with Gasteiger partial charge < -0.3 is 10.6 Å². The van der Waals surface area contributed by atoms with Crippen LogP contribution in [0.25, 0.3) is 0 Å². The SMILES string of the molecule is CN=C(NCc1scnc1C)NC1CCN(C2CC2)C1. The zero-order chi connectivity index (χ0) is 13.9. The molecular weight excluding hydrogens is 270 g/mol. The quantitative estimate of drug-likeness (QED) is 0.650. The number of nitrogens with zero attached hydrogens (tertiary/aromatic N) is 3. The van der Waals surface area contributed by atoms with Crippen LogP contribution in [-0.4, -0.2) is 48.1 Å². The summed E-state index contributed by atoms with van der Waals surface area (Å²) >= 11 is 1.69. The van der Waals surface area contributed by atoms with Crippen molar-refractivity contribution >= 4 is 17.3 Å². The van der Waals surface area contributed by atoms with E-state index in [9.17, 15) is 0 Å². The molecule has 2 aliphatic rings. The fourth-order valence-corrected chi connectivity index (χ4v) is 3.44. The Morgan fingerprint density at radius 3 is 3.00 bits per heavy atom. The molecule has 2 N–H and O–H groups in total. The van der Waals surface area contributed by atoms with Crippen molar-refractivity contribution in [2.45, 2.75) is 44.8 Å². The first kappa shape index (κ1) is 13.8. The molecule has 5 nitrogen and oxygen atoms in total. The normalized spacial score (nSPS) is 24.1. The summed E-state index contributed by atoms with van der Waals surface area (Å²) < 4.78 is 0. The van der Waals surface area contributed by atoms with Crippen LogP contribution in [0.2, 0.25) is 0 Å². The Labute approximate surface area is 124 Å². The van der Waals surface area contributed by atoms with E-state index in [2.05, 4.69) is 25.5 Å². The third-order valence-corrected chi connectivity index (χ3v) is 5.04. The number of aryl methyl sites for hydroxylation is 1. The zero-order valence-corrected chi connectivity index (χ0v) is 13.0. The summed E-state index contributed by atoms with van der Waals surface area (Å²) in [4.78, 5) is 12.5. The minimum atomic E-state index is 0.532. The van der Waals surface area contributed by atoms with Gasteiger partial charge in [-0.1, -0.05) is 0 Å². The summed E-state index contributed by atoms with van der Waals surface area (Å²) in [6, 6.07) is 1.40. The van der Waals surface area contributed by atoms with Gasteiger partial charge in [0, 0.05) is 37.1 Å². The molecule has 20 heavy (non-hydrogen) atoms. The van der Waals surface area contributed by atoms with Gasteiger partial charge in [-0.05, 0) is 26.2 Å². The highest BCUT2D eigenvalue weighted by Crippen LogP contribution is 2.29. The maximum atomic E-state index is 4.33. The minimum Gasteiger partial charge on any atom is -0.352 e. The number of rotatable bonds is 4. The molecule has 1 aromatic heterocycles. The van der Waals surface area contributed by atoms with Crippen LogP contribution in [-0.2, 0) is 6.54 Å². The van der Waals surface area contributed by atoms with Crippen molar-refractivity contribution in [2.24, 2.45) is 4.99 Å². The number of aliphatic imine (C=N–C) groups is 1. The number of aromatic nitrogens is 1. The monoisotopic (exact) mass is 293 g/mol. The van der Waals surface area contributed by atoms with E-state index in [-0.39, 0.29) is 0 Å². The number of thiazole rings is 1. The second kappa shape index (κ2) is 6.10. The second-order valence-electron chi connectivity index (χ2n) is 5.64. The summed E-state index contributed by atoms with van der Waals surface area (Å²) in [7, 11) is 1.84. The molecule has 0 radical (unpaired) electrons. The molecule has 1 unspecified atom stereocenters. The number of hydrogen-bond acceptors (Lipinski definition) is 4. The molecule has 0 amide bonds. The maximum Gasteiger partial charge on any atom is 0.191 e. The molecule has 110 valence electrons. The van der Waals surface area contributed by atoms with Gasteiger partial charge in [0.05, 0.1) is 17.7 Å². The van der Waals surface area contributed by atoms with E-state index in [4.69, 9.17) is 0 Å². The lowest BCUT2D eigenvalue weighted by atomic mass is 10.3. The number of guanidine groups is 1. The molecule has 3 rings (SSSR count). The molecule has 0 aromatic carbocycles. The molecule has 1 saturated carbocycles. The van der Waals surface area contributed by atoms with E-state index in [1.165, 1.54) is 30.7 Å². The number of hydrogen-bond donors (Lipinski definition) is 2. The van der Waals surface area contributed by atoms with E-state index >= 15 is 0 Å². The van der Waals surface area contributed by atoms with Crippen LogP contribution in [0.1, 0.15) is 29.8 Å². The Morgan fingerprint density at radius 2 is 2.35 bits per heavy atom. The standard InChI is InChI=1S/C14H23N5S/c1-10-13(20-9-17-10)7-16-14(15-2)18-11-5-6-19(8-11)12-3-4-12/h9,11-12H,3-8H2,1-2H3,(H2,15,16,18). The lowest BCUT2D eigenvalue weighted by Crippen LogP contribution is -2.44. The summed E-state index contributed by atoms with van der Waals surface area (Å²) in [5, 5.41) is 6.93. The van der Waals surface area contributed by atoms with Crippen molar-refractivity contribution in [3.05, 3.63) is 16.1 Å². The predicted octanol–water partition coefficient (Wildman–Crippen LogP) is 1.35. The average molecular weight is 293 g/mol. The highest BCUT2D eigenvalue weighted by atomic mass is 32.1. The molecular formula is C14H23N5S. The lowest BCUT2D eigenvalue weighted by molar-refractivity contribution is 0.321. The van der Waals surface area contributed by atoms with Gasteiger partial charge in [-0.25, -0.2) is 4.98 Å². The van der Waals surface area contributed by atoms with Gasteiger partial charge in [-0.3, -0.25) is 9.89 Å². The Hall–Kier alpha value is -1.14. The first-order valence-electron chi connectivity index (χ1n) is 7.36. The van der Waals surface area contributed by atoms with Crippen LogP contribution in [0.15, 0.2) is 10.5 Å². The van der Waals surface area contributed by atoms with Crippen LogP contribution in [0.4, 0.5) is 0 Å². The van der Waals surface area contributed by atoms with Gasteiger partial charge in [0.25, 0.3) is 0 Å². The van der Waals surface area contributed by atoms with Crippen molar-refractivity contribution < 1.29 is 0 Å². The Bertz CT molecular complexity index is 480. The van der Waals surface area contributed by atoms with E-state index in [0.29, 0.717) is 6.04 Å². The molecule has 2 heterocycles. The highest BCUT2D eigenvalue weighted by molar-refractivity contribution is 7.09. The molecule has 1 aromatic rings. The third kappa shape index (κ3) is 3.30. The fraction of sp³-hybridized carbons (Fsp3) is 0.714. The molecule has 0 bridgehead atoms. The predicted molar refractivity (Wildman–Crippen MR) is 83.2 cm³/mol. The smallest absolute Gasteiger partial charge is 0.191 e. The Kier molecular flexibility index (Phi) is 4.21. The van der Waals surface area contributed by atoms with Gasteiger partial charge in [0.2, 0.25) is 0 Å². The van der Waals surface area contributed by atoms with Crippen LogP contribution in [0.3, 0.4) is 0 Å². The number of nitrogens with one attached hydrogen (secondary N) is 2. The molecule has 1 saturated heterocycles. The van der Waals surface area contributed by atoms with Crippen molar-refractivity contribution in [3.8, 4) is 0 Å². The van der Waals surface area contributed by atoms with Gasteiger partial charge in [0.1, 0.15) is 0 Å². The van der Waals surface area contributed by atoms with Gasteiger partial charge >= 0.3 is 0 Å². The van der Waals surface area contributed by atoms with Gasteiger partial charge in [-0.15, -0.1) is 11.3 Å². The second-order valence-corrected chi connectivity index (χ2v) is 6.58. The summed E-state index contributed by atoms with van der Waals surface area (Å²) in [5.74, 6) is 0.903. The van der Waals surface area contributed by atoms with E-state index in [0.717, 1.165) is 30.8 Å². The molecule has 1 aliphatic carbocycles. The molecule has 1 aliphatic heterocycles. The number of likely N-dealkylation sites (tertiary alicyclic amines) is 1. The van der Waals surface area contributed by atoms with Gasteiger partial charge in [-0.2, -0.15) is 0 Å². The topological polar surface area (TPSA) is 52.6 Å². The highest BCUT2D eigenvalue weighted by Gasteiger charge is 2.34. The molecule has 0 spiro atoms. The minimum absolute atomic E-state index is 0.532. The van der Waals surface area contributed by atoms with Crippen molar-refractivity contribution in [1.29, 1.82) is 0 Å². The first-order valence-corrected chi connectivity index (χ1v) is 8.24. The van der Waals surface area contributed by atoms with E-state index in [1.807, 2.05) is 19.5 Å². The average Bonchev–Trinajstić information content (AvgIpc) is 3.07. The van der Waals surface area contributed by atoms with E-state index < -0.39 is 0 Å². The van der Waals surface area contributed by atoms with Crippen molar-refractivity contribution in [3.63, 3.8) is 0 Å². The molecule has 6 heteroatoms. The van der Waals surface area contributed by atoms with Crippen LogP contribution in [0.5, 0.6) is 0 Å². The van der Waals surface area contributed by atoms with E-state index in [1.54, 1.807) is 11.3 Å². The lowest BCUT2D eigenvalue weighted by Gasteiger charge is -2.18. The van der Waals surface area contributed by atoms with Gasteiger partial charge in [0.15, 0.2) is 5.96 Å². The van der Waals surface area contributed by atoms with Crippen LogP contribution in [0, 0.1) is 6.92 Å². The van der Waals surface area contributed by atoms with Crippen molar-refractivity contribution in [2.75, 3.05) is 20.1 Å². The summed E-state index contributed by atoms with van der Waals surface area (Å²) in [6.07, 6.45) is 4.01. The maximum absolute atomic E-state index is 4.33. The summed E-state index contributed by atoms with van der Waals surface area (Å²) in [5.41, 5.74) is 3.01. The zero-order valence-electron chi connectivity index (χ0n) is 12.2. The fourth-order valence-electron chi connectivity index (χ4n) is 2.72.